The number of nitrogens with zero attached hydrogens (tertiary/aromatic N) is 1. The summed E-state index contributed by atoms with van der Waals surface area (Å²) in [4.78, 5) is 10.9. The van der Waals surface area contributed by atoms with E-state index in [-0.39, 0.29) is 5.56 Å². The van der Waals surface area contributed by atoms with Gasteiger partial charge in [-0.1, -0.05) is 11.2 Å². The zero-order valence-electron chi connectivity index (χ0n) is 9.62. The molecule has 5 heteroatoms. The number of furan rings is 1. The molecule has 0 radical (unpaired) electrons. The van der Waals surface area contributed by atoms with E-state index in [4.69, 9.17) is 14.7 Å². The van der Waals surface area contributed by atoms with Crippen LogP contribution in [0.1, 0.15) is 21.7 Å². The highest BCUT2D eigenvalue weighted by Crippen LogP contribution is 2.26. The Balaban J connectivity index is 2.48. The van der Waals surface area contributed by atoms with Gasteiger partial charge in [-0.25, -0.2) is 4.79 Å². The lowest BCUT2D eigenvalue weighted by molar-refractivity contribution is 0.0697. The molecule has 1 aromatic heterocycles. The van der Waals surface area contributed by atoms with E-state index in [1.54, 1.807) is 30.3 Å². The second-order valence-electron chi connectivity index (χ2n) is 3.78. The number of rotatable bonds is 3. The third-order valence-corrected chi connectivity index (χ3v) is 2.56. The Hall–Kier alpha value is -2.56. The molecule has 0 saturated heterocycles. The van der Waals surface area contributed by atoms with Gasteiger partial charge in [0.15, 0.2) is 0 Å². The van der Waals surface area contributed by atoms with Crippen LogP contribution in [0.4, 0.5) is 0 Å². The van der Waals surface area contributed by atoms with Crippen LogP contribution in [0.5, 0.6) is 0 Å². The van der Waals surface area contributed by atoms with Gasteiger partial charge in [-0.05, 0) is 36.8 Å². The van der Waals surface area contributed by atoms with E-state index in [2.05, 4.69) is 5.16 Å². The van der Waals surface area contributed by atoms with E-state index < -0.39 is 5.97 Å². The van der Waals surface area contributed by atoms with Gasteiger partial charge in [0.1, 0.15) is 17.7 Å². The Kier molecular flexibility index (Phi) is 3.14. The molecule has 2 N–H and O–H groups in total. The number of oxime groups is 1. The van der Waals surface area contributed by atoms with Crippen molar-refractivity contribution in [2.45, 2.75) is 6.92 Å². The monoisotopic (exact) mass is 245 g/mol. The minimum absolute atomic E-state index is 0.198. The highest BCUT2D eigenvalue weighted by atomic mass is 16.4. The van der Waals surface area contributed by atoms with Crippen LogP contribution in [-0.2, 0) is 0 Å². The summed E-state index contributed by atoms with van der Waals surface area (Å²) in [5, 5.41) is 20.2. The first-order chi connectivity index (χ1) is 8.61. The number of hydrogen-bond donors (Lipinski definition) is 2. The van der Waals surface area contributed by atoms with Crippen molar-refractivity contribution in [1.29, 1.82) is 0 Å². The Morgan fingerprint density at radius 2 is 2.11 bits per heavy atom. The Labute approximate surface area is 103 Å². The molecule has 1 aromatic carbocycles. The van der Waals surface area contributed by atoms with E-state index in [9.17, 15) is 4.79 Å². The zero-order valence-corrected chi connectivity index (χ0v) is 9.62. The molecule has 0 amide bonds. The molecule has 1 heterocycles. The number of carbonyl (C=O) groups is 1. The van der Waals surface area contributed by atoms with Crippen LogP contribution < -0.4 is 0 Å². The fraction of sp³-hybridized carbons (Fsp3) is 0.0769. The number of hydrogen-bond acceptors (Lipinski definition) is 4. The molecule has 0 fully saturated rings. The third kappa shape index (κ3) is 2.24. The average molecular weight is 245 g/mol. The summed E-state index contributed by atoms with van der Waals surface area (Å²) < 4.78 is 5.42. The molecule has 92 valence electrons. The summed E-state index contributed by atoms with van der Waals surface area (Å²) in [5.74, 6) is -0.0573. The smallest absolute Gasteiger partial charge is 0.335 e. The quantitative estimate of drug-likeness (QED) is 0.494. The van der Waals surface area contributed by atoms with Crippen LogP contribution in [0.2, 0.25) is 0 Å². The summed E-state index contributed by atoms with van der Waals surface area (Å²) in [6, 6.07) is 8.16. The predicted octanol–water partition coefficient (Wildman–Crippen LogP) is 2.76. The summed E-state index contributed by atoms with van der Waals surface area (Å²) in [5.41, 5.74) is 1.80. The molecule has 18 heavy (non-hydrogen) atoms. The minimum atomic E-state index is -0.986. The molecule has 0 unspecified atom stereocenters. The molecule has 0 aliphatic heterocycles. The average Bonchev–Trinajstić information content (AvgIpc) is 2.78. The number of carboxylic acids is 1. The van der Waals surface area contributed by atoms with Crippen molar-refractivity contribution in [3.8, 4) is 11.3 Å². The van der Waals surface area contributed by atoms with Crippen molar-refractivity contribution in [3.63, 3.8) is 0 Å². The molecule has 0 spiro atoms. The SMILES string of the molecule is Cc1ccc(C(=O)O)cc1-c1ccc(C=NO)o1. The van der Waals surface area contributed by atoms with Crippen molar-refractivity contribution >= 4 is 12.2 Å². The topological polar surface area (TPSA) is 83.0 Å². The van der Waals surface area contributed by atoms with Crippen molar-refractivity contribution in [3.05, 3.63) is 47.2 Å². The molecule has 5 nitrogen and oxygen atoms in total. The molecule has 0 saturated carbocycles. The van der Waals surface area contributed by atoms with Gasteiger partial charge in [-0.2, -0.15) is 0 Å². The van der Waals surface area contributed by atoms with Crippen molar-refractivity contribution in [2.24, 2.45) is 5.16 Å². The van der Waals surface area contributed by atoms with Gasteiger partial charge in [0, 0.05) is 5.56 Å². The lowest BCUT2D eigenvalue weighted by Gasteiger charge is -2.04. The van der Waals surface area contributed by atoms with Crippen molar-refractivity contribution in [2.75, 3.05) is 0 Å². The Morgan fingerprint density at radius 1 is 1.33 bits per heavy atom. The highest BCUT2D eigenvalue weighted by Gasteiger charge is 2.10. The summed E-state index contributed by atoms with van der Waals surface area (Å²) in [6.07, 6.45) is 1.17. The lowest BCUT2D eigenvalue weighted by Crippen LogP contribution is -1.96. The summed E-state index contributed by atoms with van der Waals surface area (Å²) in [6.45, 7) is 1.86. The van der Waals surface area contributed by atoms with Gasteiger partial charge in [0.05, 0.1) is 5.56 Å². The molecule has 0 aliphatic rings. The van der Waals surface area contributed by atoms with Gasteiger partial charge < -0.3 is 14.7 Å². The Morgan fingerprint density at radius 3 is 2.78 bits per heavy atom. The summed E-state index contributed by atoms with van der Waals surface area (Å²) >= 11 is 0. The predicted molar refractivity (Wildman–Crippen MR) is 65.2 cm³/mol. The standard InChI is InChI=1S/C13H11NO4/c1-8-2-3-9(13(15)16)6-11(8)12-5-4-10(18-12)7-14-17/h2-7,17H,1H3,(H,15,16). The van der Waals surface area contributed by atoms with Gasteiger partial charge in [-0.15, -0.1) is 0 Å². The molecular formula is C13H11NO4. The molecule has 0 atom stereocenters. The number of aromatic carboxylic acids is 1. The van der Waals surface area contributed by atoms with Gasteiger partial charge in [-0.3, -0.25) is 0 Å². The largest absolute Gasteiger partial charge is 0.478 e. The second kappa shape index (κ2) is 4.75. The fourth-order valence-corrected chi connectivity index (χ4v) is 1.64. The van der Waals surface area contributed by atoms with E-state index in [1.807, 2.05) is 6.92 Å². The van der Waals surface area contributed by atoms with E-state index in [0.29, 0.717) is 17.1 Å². The van der Waals surface area contributed by atoms with Gasteiger partial charge >= 0.3 is 5.97 Å². The van der Waals surface area contributed by atoms with Gasteiger partial charge in [0.2, 0.25) is 0 Å². The van der Waals surface area contributed by atoms with Crippen LogP contribution in [-0.4, -0.2) is 22.5 Å². The zero-order chi connectivity index (χ0) is 13.1. The lowest BCUT2D eigenvalue weighted by atomic mass is 10.0. The maximum Gasteiger partial charge on any atom is 0.335 e. The van der Waals surface area contributed by atoms with Gasteiger partial charge in [0.25, 0.3) is 0 Å². The molecular weight excluding hydrogens is 234 g/mol. The number of aryl methyl sites for hydroxylation is 1. The maximum atomic E-state index is 10.9. The van der Waals surface area contributed by atoms with E-state index in [1.165, 1.54) is 6.21 Å². The first-order valence-electron chi connectivity index (χ1n) is 5.23. The first kappa shape index (κ1) is 11.9. The molecule has 2 rings (SSSR count). The first-order valence-corrected chi connectivity index (χ1v) is 5.23. The van der Waals surface area contributed by atoms with E-state index in [0.717, 1.165) is 5.56 Å². The molecule has 0 bridgehead atoms. The fourth-order valence-electron chi connectivity index (χ4n) is 1.64. The summed E-state index contributed by atoms with van der Waals surface area (Å²) in [7, 11) is 0. The van der Waals surface area contributed by atoms with Crippen molar-refractivity contribution < 1.29 is 19.5 Å². The minimum Gasteiger partial charge on any atom is -0.478 e. The normalized spacial score (nSPS) is 10.9. The number of benzene rings is 1. The van der Waals surface area contributed by atoms with Crippen LogP contribution in [0, 0.1) is 6.92 Å². The van der Waals surface area contributed by atoms with Crippen LogP contribution in [0.25, 0.3) is 11.3 Å². The Bertz CT molecular complexity index is 613. The second-order valence-corrected chi connectivity index (χ2v) is 3.78. The maximum absolute atomic E-state index is 10.9. The van der Waals surface area contributed by atoms with Crippen LogP contribution >= 0.6 is 0 Å². The number of carboxylic acid groups (broad SMARTS) is 1. The highest BCUT2D eigenvalue weighted by molar-refractivity contribution is 5.89. The molecule has 2 aromatic rings. The van der Waals surface area contributed by atoms with Crippen LogP contribution in [0.15, 0.2) is 39.9 Å². The third-order valence-electron chi connectivity index (χ3n) is 2.56. The van der Waals surface area contributed by atoms with Crippen LogP contribution in [0.3, 0.4) is 0 Å². The van der Waals surface area contributed by atoms with E-state index >= 15 is 0 Å². The molecule has 0 aliphatic carbocycles. The van der Waals surface area contributed by atoms with Crippen molar-refractivity contribution in [1.82, 2.24) is 0 Å².